The third kappa shape index (κ3) is 1.47. The minimum Gasteiger partial charge on any atom is -0.398 e. The molecule has 0 saturated carbocycles. The standard InChI is InChI=1S/C14H13N3/c1-9-10(3-2-4-13(9)15)12-7-16-8-14-11(12)5-6-17-14/h2-8,17H,15H2,1H3. The zero-order chi connectivity index (χ0) is 11.8. The Bertz CT molecular complexity index is 683. The van der Waals surface area contributed by atoms with Gasteiger partial charge in [0.15, 0.2) is 0 Å². The molecule has 0 aliphatic carbocycles. The number of nitrogen functional groups attached to an aromatic ring is 1. The molecule has 3 rings (SSSR count). The first kappa shape index (κ1) is 9.90. The van der Waals surface area contributed by atoms with E-state index >= 15 is 0 Å². The average Bonchev–Trinajstić information content (AvgIpc) is 2.81. The molecule has 17 heavy (non-hydrogen) atoms. The molecule has 0 atom stereocenters. The average molecular weight is 223 g/mol. The highest BCUT2D eigenvalue weighted by Crippen LogP contribution is 2.31. The van der Waals surface area contributed by atoms with Crippen LogP contribution in [0.3, 0.4) is 0 Å². The number of benzene rings is 1. The molecule has 0 radical (unpaired) electrons. The summed E-state index contributed by atoms with van der Waals surface area (Å²) in [5.41, 5.74) is 11.2. The van der Waals surface area contributed by atoms with Gasteiger partial charge in [0, 0.05) is 29.0 Å². The van der Waals surface area contributed by atoms with Crippen molar-refractivity contribution in [2.75, 3.05) is 5.73 Å². The first-order valence-electron chi connectivity index (χ1n) is 5.54. The molecule has 0 bridgehead atoms. The van der Waals surface area contributed by atoms with E-state index in [1.54, 1.807) is 0 Å². The molecule has 0 amide bonds. The first-order valence-corrected chi connectivity index (χ1v) is 5.54. The van der Waals surface area contributed by atoms with Crippen molar-refractivity contribution in [1.29, 1.82) is 0 Å². The van der Waals surface area contributed by atoms with Crippen LogP contribution in [0.15, 0.2) is 42.9 Å². The van der Waals surface area contributed by atoms with E-state index in [1.165, 1.54) is 5.39 Å². The monoisotopic (exact) mass is 223 g/mol. The summed E-state index contributed by atoms with van der Waals surface area (Å²) in [7, 11) is 0. The van der Waals surface area contributed by atoms with Gasteiger partial charge in [-0.1, -0.05) is 12.1 Å². The molecule has 84 valence electrons. The molecule has 0 spiro atoms. The Morgan fingerprint density at radius 3 is 2.88 bits per heavy atom. The number of hydrogen-bond donors (Lipinski definition) is 2. The van der Waals surface area contributed by atoms with Crippen LogP contribution in [-0.4, -0.2) is 9.97 Å². The number of fused-ring (bicyclic) bond motifs is 1. The van der Waals surface area contributed by atoms with Gasteiger partial charge in [0.05, 0.1) is 11.7 Å². The summed E-state index contributed by atoms with van der Waals surface area (Å²) in [6.45, 7) is 2.04. The molecule has 0 saturated heterocycles. The zero-order valence-electron chi connectivity index (χ0n) is 9.57. The van der Waals surface area contributed by atoms with E-state index in [-0.39, 0.29) is 0 Å². The van der Waals surface area contributed by atoms with Crippen LogP contribution in [0.2, 0.25) is 0 Å². The number of aromatic nitrogens is 2. The van der Waals surface area contributed by atoms with Gasteiger partial charge in [0.25, 0.3) is 0 Å². The van der Waals surface area contributed by atoms with Crippen LogP contribution in [0, 0.1) is 6.92 Å². The number of aromatic amines is 1. The number of nitrogens with two attached hydrogens (primary N) is 1. The lowest BCUT2D eigenvalue weighted by molar-refractivity contribution is 1.33. The maximum Gasteiger partial charge on any atom is 0.0646 e. The van der Waals surface area contributed by atoms with Gasteiger partial charge < -0.3 is 10.7 Å². The second-order valence-electron chi connectivity index (χ2n) is 4.15. The number of anilines is 1. The van der Waals surface area contributed by atoms with Crippen LogP contribution < -0.4 is 5.73 Å². The van der Waals surface area contributed by atoms with E-state index in [9.17, 15) is 0 Å². The topological polar surface area (TPSA) is 54.7 Å². The molecule has 0 aliphatic rings. The van der Waals surface area contributed by atoms with Crippen LogP contribution in [-0.2, 0) is 0 Å². The van der Waals surface area contributed by atoms with E-state index in [0.29, 0.717) is 0 Å². The van der Waals surface area contributed by atoms with Crippen LogP contribution in [0.25, 0.3) is 22.0 Å². The normalized spacial score (nSPS) is 10.9. The SMILES string of the molecule is Cc1c(N)cccc1-c1cncc2[nH]ccc12. The molecule has 3 nitrogen and oxygen atoms in total. The fraction of sp³-hybridized carbons (Fsp3) is 0.0714. The summed E-state index contributed by atoms with van der Waals surface area (Å²) < 4.78 is 0. The number of nitrogens with zero attached hydrogens (tertiary/aromatic N) is 1. The van der Waals surface area contributed by atoms with Gasteiger partial charge in [-0.15, -0.1) is 0 Å². The minimum atomic E-state index is 0.815. The summed E-state index contributed by atoms with van der Waals surface area (Å²) >= 11 is 0. The third-order valence-electron chi connectivity index (χ3n) is 3.14. The van der Waals surface area contributed by atoms with Gasteiger partial charge in [-0.2, -0.15) is 0 Å². The van der Waals surface area contributed by atoms with Gasteiger partial charge in [-0.3, -0.25) is 4.98 Å². The van der Waals surface area contributed by atoms with Crippen LogP contribution in [0.4, 0.5) is 5.69 Å². The predicted molar refractivity (Wildman–Crippen MR) is 70.7 cm³/mol. The van der Waals surface area contributed by atoms with E-state index in [1.807, 2.05) is 37.6 Å². The van der Waals surface area contributed by atoms with E-state index in [2.05, 4.69) is 22.1 Å². The molecule has 1 aromatic carbocycles. The second-order valence-corrected chi connectivity index (χ2v) is 4.15. The van der Waals surface area contributed by atoms with Crippen LogP contribution in [0.5, 0.6) is 0 Å². The molecule has 3 N–H and O–H groups in total. The molecule has 2 heterocycles. The quantitative estimate of drug-likeness (QED) is 0.623. The Kier molecular flexibility index (Phi) is 2.11. The van der Waals surface area contributed by atoms with E-state index < -0.39 is 0 Å². The highest BCUT2D eigenvalue weighted by Gasteiger charge is 2.08. The van der Waals surface area contributed by atoms with Crippen LogP contribution >= 0.6 is 0 Å². The smallest absolute Gasteiger partial charge is 0.0646 e. The summed E-state index contributed by atoms with van der Waals surface area (Å²) in [5.74, 6) is 0. The van der Waals surface area contributed by atoms with Crippen molar-refractivity contribution in [2.24, 2.45) is 0 Å². The van der Waals surface area contributed by atoms with Crippen molar-refractivity contribution in [1.82, 2.24) is 9.97 Å². The molecule has 3 heteroatoms. The van der Waals surface area contributed by atoms with Gasteiger partial charge in [-0.25, -0.2) is 0 Å². The van der Waals surface area contributed by atoms with Crippen molar-refractivity contribution >= 4 is 16.6 Å². The number of pyridine rings is 1. The summed E-state index contributed by atoms with van der Waals surface area (Å²) in [5, 5.41) is 1.17. The fourth-order valence-electron chi connectivity index (χ4n) is 2.14. The molecule has 0 aliphatic heterocycles. The van der Waals surface area contributed by atoms with Gasteiger partial charge >= 0.3 is 0 Å². The summed E-state index contributed by atoms with van der Waals surface area (Å²) in [6.07, 6.45) is 5.65. The van der Waals surface area contributed by atoms with Gasteiger partial charge in [0.2, 0.25) is 0 Å². The number of hydrogen-bond acceptors (Lipinski definition) is 2. The maximum atomic E-state index is 5.95. The lowest BCUT2D eigenvalue weighted by Crippen LogP contribution is -1.92. The molecule has 2 aromatic heterocycles. The van der Waals surface area contributed by atoms with Crippen molar-refractivity contribution in [3.8, 4) is 11.1 Å². The van der Waals surface area contributed by atoms with Crippen LogP contribution in [0.1, 0.15) is 5.56 Å². The Labute approximate surface area is 99.3 Å². The van der Waals surface area contributed by atoms with E-state index in [4.69, 9.17) is 5.73 Å². The Morgan fingerprint density at radius 2 is 2.00 bits per heavy atom. The molecule has 0 unspecified atom stereocenters. The molecule has 3 aromatic rings. The molecular weight excluding hydrogens is 210 g/mol. The molecular formula is C14H13N3. The lowest BCUT2D eigenvalue weighted by Gasteiger charge is -2.09. The summed E-state index contributed by atoms with van der Waals surface area (Å²) in [6, 6.07) is 8.04. The Morgan fingerprint density at radius 1 is 1.12 bits per heavy atom. The molecule has 0 fully saturated rings. The first-order chi connectivity index (χ1) is 8.27. The van der Waals surface area contributed by atoms with Crippen molar-refractivity contribution in [2.45, 2.75) is 6.92 Å². The minimum absolute atomic E-state index is 0.815. The van der Waals surface area contributed by atoms with Gasteiger partial charge in [-0.05, 0) is 30.2 Å². The highest BCUT2D eigenvalue weighted by molar-refractivity contribution is 5.95. The third-order valence-corrected chi connectivity index (χ3v) is 3.14. The number of rotatable bonds is 1. The Balaban J connectivity index is 2.34. The number of nitrogens with one attached hydrogen (secondary N) is 1. The lowest BCUT2D eigenvalue weighted by atomic mass is 9.98. The van der Waals surface area contributed by atoms with Gasteiger partial charge in [0.1, 0.15) is 0 Å². The van der Waals surface area contributed by atoms with Crippen molar-refractivity contribution in [3.63, 3.8) is 0 Å². The predicted octanol–water partition coefficient (Wildman–Crippen LogP) is 3.12. The second kappa shape index (κ2) is 3.63. The summed E-state index contributed by atoms with van der Waals surface area (Å²) in [4.78, 5) is 7.43. The zero-order valence-corrected chi connectivity index (χ0v) is 9.57. The van der Waals surface area contributed by atoms with Crippen molar-refractivity contribution < 1.29 is 0 Å². The van der Waals surface area contributed by atoms with Crippen molar-refractivity contribution in [3.05, 3.63) is 48.4 Å². The largest absolute Gasteiger partial charge is 0.398 e. The highest BCUT2D eigenvalue weighted by atomic mass is 14.7. The van der Waals surface area contributed by atoms with E-state index in [0.717, 1.165) is 27.9 Å². The Hall–Kier alpha value is -2.29. The number of H-pyrrole nitrogens is 1. The maximum absolute atomic E-state index is 5.95. The fourth-order valence-corrected chi connectivity index (χ4v) is 2.14.